The number of rotatable bonds is 6. The summed E-state index contributed by atoms with van der Waals surface area (Å²) in [4.78, 5) is 22.4. The number of nitrogens with one attached hydrogen (secondary N) is 2. The van der Waals surface area contributed by atoms with E-state index in [0.29, 0.717) is 12.8 Å². The van der Waals surface area contributed by atoms with Crippen molar-refractivity contribution >= 4 is 12.0 Å². The van der Waals surface area contributed by atoms with Crippen molar-refractivity contribution in [2.45, 2.75) is 32.4 Å². The van der Waals surface area contributed by atoms with Gasteiger partial charge >= 0.3 is 6.09 Å². The molecule has 1 radical (unpaired) electrons. The molecule has 0 aromatic heterocycles. The number of carbonyl (C=O) groups is 2. The van der Waals surface area contributed by atoms with Crippen LogP contribution >= 0.6 is 0 Å². The summed E-state index contributed by atoms with van der Waals surface area (Å²) in [7, 11) is 0. The van der Waals surface area contributed by atoms with E-state index in [1.54, 1.807) is 0 Å². The van der Waals surface area contributed by atoms with Gasteiger partial charge in [0.05, 0.1) is 0 Å². The number of amides is 2. The highest BCUT2D eigenvalue weighted by Crippen LogP contribution is 2.02. The van der Waals surface area contributed by atoms with Crippen LogP contribution in [0.15, 0.2) is 30.3 Å². The topological polar surface area (TPSA) is 79.2 Å². The van der Waals surface area contributed by atoms with Gasteiger partial charge in [-0.25, -0.2) is 4.79 Å². The molecule has 2 N–H and O–H groups in total. The molecule has 5 nitrogen and oxygen atoms in total. The predicted octanol–water partition coefficient (Wildman–Crippen LogP) is 1.89. The molecular formula is C13H17N2O3. The first-order chi connectivity index (χ1) is 8.63. The summed E-state index contributed by atoms with van der Waals surface area (Å²) in [5.41, 5.74) is 7.89. The van der Waals surface area contributed by atoms with Crippen molar-refractivity contribution in [2.75, 3.05) is 0 Å². The summed E-state index contributed by atoms with van der Waals surface area (Å²) in [5, 5.41) is 2.39. The zero-order valence-electron chi connectivity index (χ0n) is 10.3. The monoisotopic (exact) mass is 249 g/mol. The Morgan fingerprint density at radius 3 is 2.56 bits per heavy atom. The fraction of sp³-hybridized carbons (Fsp3) is 0.385. The first-order valence-electron chi connectivity index (χ1n) is 5.86. The number of hydrogen-bond acceptors (Lipinski definition) is 3. The molecule has 18 heavy (non-hydrogen) atoms. The Labute approximate surface area is 106 Å². The Balaban J connectivity index is 2.39. The Morgan fingerprint density at radius 1 is 1.33 bits per heavy atom. The largest absolute Gasteiger partial charge is 0.445 e. The van der Waals surface area contributed by atoms with E-state index in [-0.39, 0.29) is 6.61 Å². The van der Waals surface area contributed by atoms with Gasteiger partial charge in [0.1, 0.15) is 12.6 Å². The standard InChI is InChI=1S/C13H17N2O3/c1-2-6-11(12(14)16)15-13(17)18-9-10-7-4-3-5-8-10/h3-5,7-8,11,14H,2,6,9H2,1H3,(H,15,17). The molecule has 0 fully saturated rings. The van der Waals surface area contributed by atoms with Crippen molar-refractivity contribution in [2.24, 2.45) is 0 Å². The van der Waals surface area contributed by atoms with Crippen LogP contribution in [0.4, 0.5) is 4.79 Å². The maximum atomic E-state index is 11.4. The third-order valence-electron chi connectivity index (χ3n) is 2.40. The first kappa shape index (κ1) is 14.0. The fourth-order valence-corrected chi connectivity index (χ4v) is 1.46. The third-order valence-corrected chi connectivity index (χ3v) is 2.40. The van der Waals surface area contributed by atoms with Gasteiger partial charge < -0.3 is 10.1 Å². The van der Waals surface area contributed by atoms with Crippen LogP contribution in [-0.2, 0) is 16.1 Å². The second-order valence-corrected chi connectivity index (χ2v) is 3.91. The van der Waals surface area contributed by atoms with Crippen LogP contribution in [0.25, 0.3) is 0 Å². The molecule has 2 amide bonds. The summed E-state index contributed by atoms with van der Waals surface area (Å²) in [5.74, 6) is -0.798. The van der Waals surface area contributed by atoms with Gasteiger partial charge in [-0.3, -0.25) is 10.5 Å². The van der Waals surface area contributed by atoms with Crippen molar-refractivity contribution in [3.05, 3.63) is 35.9 Å². The zero-order valence-corrected chi connectivity index (χ0v) is 10.3. The molecule has 0 aliphatic rings. The molecule has 1 unspecified atom stereocenters. The van der Waals surface area contributed by atoms with Gasteiger partial charge in [-0.05, 0) is 12.0 Å². The fourth-order valence-electron chi connectivity index (χ4n) is 1.46. The van der Waals surface area contributed by atoms with E-state index in [0.717, 1.165) is 5.56 Å². The van der Waals surface area contributed by atoms with Gasteiger partial charge in [0.25, 0.3) is 5.91 Å². The Hall–Kier alpha value is -2.04. The Kier molecular flexibility index (Phi) is 5.70. The third kappa shape index (κ3) is 4.86. The lowest BCUT2D eigenvalue weighted by Crippen LogP contribution is -2.41. The molecule has 97 valence electrons. The molecule has 1 atom stereocenters. The van der Waals surface area contributed by atoms with Crippen LogP contribution in [0.1, 0.15) is 25.3 Å². The van der Waals surface area contributed by atoms with Crippen LogP contribution in [-0.4, -0.2) is 18.0 Å². The molecule has 0 saturated heterocycles. The molecular weight excluding hydrogens is 232 g/mol. The van der Waals surface area contributed by atoms with Crippen molar-refractivity contribution < 1.29 is 14.3 Å². The average Bonchev–Trinajstić information content (AvgIpc) is 2.37. The smallest absolute Gasteiger partial charge is 0.408 e. The Morgan fingerprint density at radius 2 is 2.00 bits per heavy atom. The quantitative estimate of drug-likeness (QED) is 0.836. The maximum Gasteiger partial charge on any atom is 0.408 e. The lowest BCUT2D eigenvalue weighted by Gasteiger charge is -2.13. The highest BCUT2D eigenvalue weighted by Gasteiger charge is 2.18. The van der Waals surface area contributed by atoms with E-state index in [2.05, 4.69) is 5.32 Å². The minimum Gasteiger partial charge on any atom is -0.445 e. The molecule has 0 spiro atoms. The van der Waals surface area contributed by atoms with E-state index in [1.807, 2.05) is 37.3 Å². The highest BCUT2D eigenvalue weighted by molar-refractivity contribution is 5.83. The number of alkyl carbamates (subject to hydrolysis) is 1. The van der Waals surface area contributed by atoms with Gasteiger partial charge in [0.2, 0.25) is 0 Å². The lowest BCUT2D eigenvalue weighted by molar-refractivity contribution is -0.120. The summed E-state index contributed by atoms with van der Waals surface area (Å²) < 4.78 is 4.97. The SMILES string of the molecule is CCCC(NC(=O)OCc1ccccc1)C([NH])=O. The zero-order chi connectivity index (χ0) is 13.4. The van der Waals surface area contributed by atoms with E-state index in [1.165, 1.54) is 0 Å². The molecule has 1 rings (SSSR count). The van der Waals surface area contributed by atoms with Gasteiger partial charge in [-0.1, -0.05) is 43.7 Å². The lowest BCUT2D eigenvalue weighted by atomic mass is 10.1. The molecule has 5 heteroatoms. The second-order valence-electron chi connectivity index (χ2n) is 3.91. The van der Waals surface area contributed by atoms with Crippen molar-refractivity contribution in [1.29, 1.82) is 0 Å². The van der Waals surface area contributed by atoms with Crippen LogP contribution in [0.3, 0.4) is 0 Å². The van der Waals surface area contributed by atoms with Gasteiger partial charge in [-0.2, -0.15) is 0 Å². The summed E-state index contributed by atoms with van der Waals surface area (Å²) in [6.07, 6.45) is 0.495. The second kappa shape index (κ2) is 7.32. The molecule has 0 heterocycles. The molecule has 0 aliphatic carbocycles. The van der Waals surface area contributed by atoms with E-state index >= 15 is 0 Å². The average molecular weight is 249 g/mol. The van der Waals surface area contributed by atoms with E-state index in [4.69, 9.17) is 10.5 Å². The van der Waals surface area contributed by atoms with Crippen LogP contribution in [0, 0.1) is 0 Å². The summed E-state index contributed by atoms with van der Waals surface area (Å²) in [6.45, 7) is 2.03. The predicted molar refractivity (Wildman–Crippen MR) is 66.6 cm³/mol. The highest BCUT2D eigenvalue weighted by atomic mass is 16.5. The van der Waals surface area contributed by atoms with Crippen molar-refractivity contribution in [3.63, 3.8) is 0 Å². The molecule has 0 saturated carbocycles. The minimum absolute atomic E-state index is 0.151. The number of ether oxygens (including phenoxy) is 1. The van der Waals surface area contributed by atoms with Crippen LogP contribution < -0.4 is 11.1 Å². The van der Waals surface area contributed by atoms with Crippen molar-refractivity contribution in [3.8, 4) is 0 Å². The number of benzene rings is 1. The molecule has 1 aromatic carbocycles. The van der Waals surface area contributed by atoms with Crippen LogP contribution in [0.2, 0.25) is 0 Å². The number of carbonyl (C=O) groups excluding carboxylic acids is 2. The van der Waals surface area contributed by atoms with Gasteiger partial charge in [0.15, 0.2) is 0 Å². The van der Waals surface area contributed by atoms with Gasteiger partial charge in [-0.15, -0.1) is 0 Å². The first-order valence-corrected chi connectivity index (χ1v) is 5.86. The number of hydrogen-bond donors (Lipinski definition) is 1. The normalized spacial score (nSPS) is 11.6. The van der Waals surface area contributed by atoms with E-state index in [9.17, 15) is 9.59 Å². The maximum absolute atomic E-state index is 11.4. The Bertz CT molecular complexity index is 392. The molecule has 0 bridgehead atoms. The molecule has 1 aromatic rings. The van der Waals surface area contributed by atoms with Gasteiger partial charge in [0, 0.05) is 0 Å². The minimum atomic E-state index is -0.798. The van der Waals surface area contributed by atoms with Crippen molar-refractivity contribution in [1.82, 2.24) is 11.1 Å². The van der Waals surface area contributed by atoms with E-state index < -0.39 is 18.0 Å². The van der Waals surface area contributed by atoms with Crippen LogP contribution in [0.5, 0.6) is 0 Å². The summed E-state index contributed by atoms with van der Waals surface area (Å²) >= 11 is 0. The summed E-state index contributed by atoms with van der Waals surface area (Å²) in [6, 6.07) is 8.48. The molecule has 0 aliphatic heterocycles.